The SMILES string of the molecule is CC.CC.CCC1CC2CCCCC2CN1. The lowest BCUT2D eigenvalue weighted by Crippen LogP contribution is -2.44. The van der Waals surface area contributed by atoms with Crippen LogP contribution < -0.4 is 5.32 Å². The molecule has 2 aliphatic rings. The number of piperidine rings is 1. The second kappa shape index (κ2) is 10.1. The second-order valence-electron chi connectivity index (χ2n) is 4.55. The van der Waals surface area contributed by atoms with E-state index in [9.17, 15) is 0 Å². The first-order valence-corrected chi connectivity index (χ1v) is 7.63. The summed E-state index contributed by atoms with van der Waals surface area (Å²) in [5.41, 5.74) is 0. The van der Waals surface area contributed by atoms with Gasteiger partial charge in [0.05, 0.1) is 0 Å². The fourth-order valence-corrected chi connectivity index (χ4v) is 2.94. The molecule has 3 atom stereocenters. The number of rotatable bonds is 1. The molecule has 0 radical (unpaired) electrons. The number of hydrogen-bond donors (Lipinski definition) is 1. The van der Waals surface area contributed by atoms with Gasteiger partial charge < -0.3 is 5.32 Å². The summed E-state index contributed by atoms with van der Waals surface area (Å²) in [6.45, 7) is 11.6. The topological polar surface area (TPSA) is 12.0 Å². The molecule has 0 aromatic carbocycles. The summed E-state index contributed by atoms with van der Waals surface area (Å²) < 4.78 is 0. The van der Waals surface area contributed by atoms with E-state index in [4.69, 9.17) is 0 Å². The molecular weight excluding hydrogens is 194 g/mol. The summed E-state index contributed by atoms with van der Waals surface area (Å²) in [6, 6.07) is 0.837. The maximum atomic E-state index is 3.67. The molecule has 1 nitrogen and oxygen atoms in total. The summed E-state index contributed by atoms with van der Waals surface area (Å²) >= 11 is 0. The Balaban J connectivity index is 0.000000509. The minimum Gasteiger partial charge on any atom is -0.314 e. The van der Waals surface area contributed by atoms with E-state index in [0.29, 0.717) is 0 Å². The van der Waals surface area contributed by atoms with E-state index in [2.05, 4.69) is 12.2 Å². The fourth-order valence-electron chi connectivity index (χ4n) is 2.94. The minimum absolute atomic E-state index is 0.837. The van der Waals surface area contributed by atoms with Crippen molar-refractivity contribution in [2.24, 2.45) is 11.8 Å². The van der Waals surface area contributed by atoms with E-state index in [1.54, 1.807) is 0 Å². The van der Waals surface area contributed by atoms with Crippen molar-refractivity contribution in [3.63, 3.8) is 0 Å². The molecule has 1 aliphatic heterocycles. The molecule has 1 saturated carbocycles. The highest BCUT2D eigenvalue weighted by Crippen LogP contribution is 2.35. The number of hydrogen-bond acceptors (Lipinski definition) is 1. The van der Waals surface area contributed by atoms with E-state index in [1.807, 2.05) is 27.7 Å². The first-order chi connectivity index (χ1) is 7.90. The Hall–Kier alpha value is -0.0400. The molecule has 1 N–H and O–H groups in total. The molecule has 2 rings (SSSR count). The molecule has 3 unspecified atom stereocenters. The first-order valence-electron chi connectivity index (χ1n) is 7.63. The largest absolute Gasteiger partial charge is 0.314 e. The molecule has 0 aromatic heterocycles. The van der Waals surface area contributed by atoms with Crippen molar-refractivity contribution in [3.05, 3.63) is 0 Å². The van der Waals surface area contributed by atoms with Crippen LogP contribution in [0.4, 0.5) is 0 Å². The Labute approximate surface area is 103 Å². The highest BCUT2D eigenvalue weighted by molar-refractivity contribution is 4.86. The van der Waals surface area contributed by atoms with Crippen molar-refractivity contribution in [3.8, 4) is 0 Å². The Bertz CT molecular complexity index is 144. The van der Waals surface area contributed by atoms with E-state index < -0.39 is 0 Å². The van der Waals surface area contributed by atoms with E-state index in [1.165, 1.54) is 45.1 Å². The Morgan fingerprint density at radius 3 is 2.06 bits per heavy atom. The van der Waals surface area contributed by atoms with Crippen LogP contribution in [0.1, 0.15) is 73.1 Å². The number of fused-ring (bicyclic) bond motifs is 1. The summed E-state index contributed by atoms with van der Waals surface area (Å²) in [5.74, 6) is 2.10. The quantitative estimate of drug-likeness (QED) is 0.689. The van der Waals surface area contributed by atoms with Crippen LogP contribution in [0, 0.1) is 11.8 Å². The van der Waals surface area contributed by atoms with Crippen LogP contribution in [0.15, 0.2) is 0 Å². The van der Waals surface area contributed by atoms with Crippen LogP contribution in [0.3, 0.4) is 0 Å². The molecule has 1 saturated heterocycles. The normalized spacial score (nSPS) is 32.4. The Morgan fingerprint density at radius 1 is 0.938 bits per heavy atom. The van der Waals surface area contributed by atoms with Crippen LogP contribution in [0.25, 0.3) is 0 Å². The maximum absolute atomic E-state index is 3.67. The van der Waals surface area contributed by atoms with Crippen LogP contribution in [0.2, 0.25) is 0 Å². The van der Waals surface area contributed by atoms with Crippen LogP contribution in [-0.2, 0) is 0 Å². The summed E-state index contributed by atoms with van der Waals surface area (Å²) in [6.07, 6.45) is 8.78. The molecule has 1 aliphatic carbocycles. The predicted octanol–water partition coefficient (Wildman–Crippen LogP) is 4.62. The third kappa shape index (κ3) is 4.86. The monoisotopic (exact) mass is 227 g/mol. The predicted molar refractivity (Wildman–Crippen MR) is 74.8 cm³/mol. The van der Waals surface area contributed by atoms with E-state index in [0.717, 1.165) is 17.9 Å². The van der Waals surface area contributed by atoms with Gasteiger partial charge in [-0.25, -0.2) is 0 Å². The standard InChI is InChI=1S/C11H21N.2C2H6/c1-2-11-7-9-5-3-4-6-10(9)8-12-11;2*1-2/h9-12H,2-8H2,1H3;2*1-2H3. The van der Waals surface area contributed by atoms with Gasteiger partial charge in [-0.05, 0) is 37.6 Å². The van der Waals surface area contributed by atoms with Gasteiger partial charge in [0.25, 0.3) is 0 Å². The minimum atomic E-state index is 0.837. The lowest BCUT2D eigenvalue weighted by molar-refractivity contribution is 0.152. The molecule has 1 heteroatoms. The van der Waals surface area contributed by atoms with E-state index in [-0.39, 0.29) is 0 Å². The smallest absolute Gasteiger partial charge is 0.00673 e. The first kappa shape index (κ1) is 16.0. The van der Waals surface area contributed by atoms with Crippen molar-refractivity contribution in [1.82, 2.24) is 5.32 Å². The molecule has 0 aromatic rings. The molecular formula is C15H33N. The van der Waals surface area contributed by atoms with Crippen LogP contribution in [0.5, 0.6) is 0 Å². The molecule has 0 amide bonds. The lowest BCUT2D eigenvalue weighted by atomic mass is 9.73. The molecule has 0 bridgehead atoms. The van der Waals surface area contributed by atoms with Crippen LogP contribution in [-0.4, -0.2) is 12.6 Å². The van der Waals surface area contributed by atoms with Crippen molar-refractivity contribution >= 4 is 0 Å². The summed E-state index contributed by atoms with van der Waals surface area (Å²) in [4.78, 5) is 0. The summed E-state index contributed by atoms with van der Waals surface area (Å²) in [5, 5.41) is 3.67. The van der Waals surface area contributed by atoms with Gasteiger partial charge in [0.1, 0.15) is 0 Å². The van der Waals surface area contributed by atoms with Crippen molar-refractivity contribution < 1.29 is 0 Å². The molecule has 16 heavy (non-hydrogen) atoms. The van der Waals surface area contributed by atoms with Gasteiger partial charge in [0.15, 0.2) is 0 Å². The molecule has 0 spiro atoms. The second-order valence-corrected chi connectivity index (χ2v) is 4.55. The summed E-state index contributed by atoms with van der Waals surface area (Å²) in [7, 11) is 0. The van der Waals surface area contributed by atoms with Crippen molar-refractivity contribution in [2.45, 2.75) is 79.2 Å². The lowest BCUT2D eigenvalue weighted by Gasteiger charge is -2.39. The van der Waals surface area contributed by atoms with Gasteiger partial charge in [-0.2, -0.15) is 0 Å². The maximum Gasteiger partial charge on any atom is 0.00673 e. The third-order valence-corrected chi connectivity index (χ3v) is 3.82. The molecule has 2 fully saturated rings. The van der Waals surface area contributed by atoms with Gasteiger partial charge >= 0.3 is 0 Å². The van der Waals surface area contributed by atoms with Crippen molar-refractivity contribution in [2.75, 3.05) is 6.54 Å². The Kier molecular flexibility index (Phi) is 10.1. The van der Waals surface area contributed by atoms with E-state index >= 15 is 0 Å². The van der Waals surface area contributed by atoms with Crippen LogP contribution >= 0.6 is 0 Å². The molecule has 1 heterocycles. The van der Waals surface area contributed by atoms with Gasteiger partial charge in [-0.3, -0.25) is 0 Å². The zero-order chi connectivity index (χ0) is 12.4. The highest BCUT2D eigenvalue weighted by Gasteiger charge is 2.30. The Morgan fingerprint density at radius 2 is 1.50 bits per heavy atom. The average molecular weight is 227 g/mol. The molecule has 98 valence electrons. The van der Waals surface area contributed by atoms with Gasteiger partial charge in [-0.1, -0.05) is 53.9 Å². The third-order valence-electron chi connectivity index (χ3n) is 3.82. The zero-order valence-corrected chi connectivity index (χ0v) is 12.2. The van der Waals surface area contributed by atoms with Gasteiger partial charge in [0, 0.05) is 6.04 Å². The number of nitrogens with one attached hydrogen (secondary N) is 1. The van der Waals surface area contributed by atoms with Crippen molar-refractivity contribution in [1.29, 1.82) is 0 Å². The fraction of sp³-hybridized carbons (Fsp3) is 1.00. The highest BCUT2D eigenvalue weighted by atomic mass is 14.9. The zero-order valence-electron chi connectivity index (χ0n) is 12.2. The van der Waals surface area contributed by atoms with Gasteiger partial charge in [0.2, 0.25) is 0 Å². The average Bonchev–Trinajstić information content (AvgIpc) is 2.42. The van der Waals surface area contributed by atoms with Gasteiger partial charge in [-0.15, -0.1) is 0 Å².